The summed E-state index contributed by atoms with van der Waals surface area (Å²) < 4.78 is 18.6. The van der Waals surface area contributed by atoms with Gasteiger partial charge >= 0.3 is 5.97 Å². The SMILES string of the molecule is CCCCCCCCCCCCOc1ccc(CCc2ccc(N=Nc3ccc(OCc4ccc(C(=O)O)cc4)c(C)c3OCCCCCCCCCCCC)cc2)cc1. The van der Waals surface area contributed by atoms with Crippen molar-refractivity contribution in [2.75, 3.05) is 13.2 Å². The zero-order valence-corrected chi connectivity index (χ0v) is 37.2. The van der Waals surface area contributed by atoms with Gasteiger partial charge in [0.25, 0.3) is 0 Å². The molecular formula is C53H74N2O5. The first-order valence-electron chi connectivity index (χ1n) is 23.4. The number of unbranched alkanes of at least 4 members (excludes halogenated alkanes) is 18. The van der Waals surface area contributed by atoms with Crippen LogP contribution >= 0.6 is 0 Å². The number of nitrogens with zero attached hydrogens (tertiary/aromatic N) is 2. The lowest BCUT2D eigenvalue weighted by atomic mass is 10.0. The van der Waals surface area contributed by atoms with Gasteiger partial charge in [-0.3, -0.25) is 0 Å². The van der Waals surface area contributed by atoms with E-state index in [1.165, 1.54) is 120 Å². The van der Waals surface area contributed by atoms with E-state index in [-0.39, 0.29) is 5.56 Å². The second kappa shape index (κ2) is 29.6. The van der Waals surface area contributed by atoms with Crippen LogP contribution in [-0.2, 0) is 19.4 Å². The van der Waals surface area contributed by atoms with E-state index in [0.717, 1.165) is 61.3 Å². The summed E-state index contributed by atoms with van der Waals surface area (Å²) in [5.74, 6) is 1.39. The first-order valence-corrected chi connectivity index (χ1v) is 23.4. The molecule has 4 aromatic carbocycles. The lowest BCUT2D eigenvalue weighted by molar-refractivity contribution is 0.0696. The van der Waals surface area contributed by atoms with Gasteiger partial charge in [-0.25, -0.2) is 4.79 Å². The molecule has 60 heavy (non-hydrogen) atoms. The van der Waals surface area contributed by atoms with Crippen LogP contribution in [0.1, 0.15) is 175 Å². The largest absolute Gasteiger partial charge is 0.494 e. The van der Waals surface area contributed by atoms with Crippen molar-refractivity contribution in [3.63, 3.8) is 0 Å². The van der Waals surface area contributed by atoms with Crippen molar-refractivity contribution in [2.45, 2.75) is 169 Å². The number of azo groups is 1. The fourth-order valence-corrected chi connectivity index (χ4v) is 7.41. The highest BCUT2D eigenvalue weighted by atomic mass is 16.5. The number of aromatic carboxylic acids is 1. The predicted molar refractivity (Wildman–Crippen MR) is 248 cm³/mol. The summed E-state index contributed by atoms with van der Waals surface area (Å²) in [4.78, 5) is 11.3. The summed E-state index contributed by atoms with van der Waals surface area (Å²) in [6.45, 7) is 8.23. The van der Waals surface area contributed by atoms with Gasteiger partial charge in [0.05, 0.1) is 24.5 Å². The average molecular weight is 819 g/mol. The van der Waals surface area contributed by atoms with Crippen LogP contribution < -0.4 is 14.2 Å². The maximum Gasteiger partial charge on any atom is 0.335 e. The molecule has 0 aliphatic rings. The number of carboxylic acid groups (broad SMARTS) is 1. The highest BCUT2D eigenvalue weighted by Gasteiger charge is 2.14. The van der Waals surface area contributed by atoms with Gasteiger partial charge in [-0.1, -0.05) is 166 Å². The zero-order valence-electron chi connectivity index (χ0n) is 37.2. The maximum absolute atomic E-state index is 11.3. The second-order valence-electron chi connectivity index (χ2n) is 16.4. The van der Waals surface area contributed by atoms with Crippen LogP contribution in [0, 0.1) is 6.92 Å². The average Bonchev–Trinajstić information content (AvgIpc) is 3.27. The Morgan fingerprint density at radius 2 is 0.967 bits per heavy atom. The van der Waals surface area contributed by atoms with E-state index in [4.69, 9.17) is 14.2 Å². The number of hydrogen-bond donors (Lipinski definition) is 1. The second-order valence-corrected chi connectivity index (χ2v) is 16.4. The Balaban J connectivity index is 1.24. The van der Waals surface area contributed by atoms with Gasteiger partial charge in [0.15, 0.2) is 5.75 Å². The summed E-state index contributed by atoms with van der Waals surface area (Å²) in [6, 6.07) is 27.4. The molecule has 7 nitrogen and oxygen atoms in total. The van der Waals surface area contributed by atoms with Gasteiger partial charge in [-0.15, -0.1) is 5.11 Å². The molecule has 0 amide bonds. The van der Waals surface area contributed by atoms with E-state index >= 15 is 0 Å². The lowest BCUT2D eigenvalue weighted by Gasteiger charge is -2.16. The number of carboxylic acids is 1. The Morgan fingerprint density at radius 1 is 0.500 bits per heavy atom. The molecule has 0 atom stereocenters. The Labute approximate surface area is 362 Å². The number of carbonyl (C=O) groups is 1. The summed E-state index contributed by atoms with van der Waals surface area (Å²) in [5.41, 5.74) is 6.01. The third-order valence-electron chi connectivity index (χ3n) is 11.3. The van der Waals surface area contributed by atoms with Crippen molar-refractivity contribution >= 4 is 17.3 Å². The van der Waals surface area contributed by atoms with Gasteiger partial charge < -0.3 is 19.3 Å². The maximum atomic E-state index is 11.3. The monoisotopic (exact) mass is 819 g/mol. The number of hydrogen-bond acceptors (Lipinski definition) is 6. The molecule has 326 valence electrons. The fourth-order valence-electron chi connectivity index (χ4n) is 7.41. The summed E-state index contributed by atoms with van der Waals surface area (Å²) in [7, 11) is 0. The molecule has 0 bridgehead atoms. The van der Waals surface area contributed by atoms with Crippen molar-refractivity contribution in [3.05, 3.63) is 113 Å². The third kappa shape index (κ3) is 19.2. The molecule has 0 spiro atoms. The Bertz CT molecular complexity index is 1770. The van der Waals surface area contributed by atoms with Crippen LogP contribution in [0.25, 0.3) is 0 Å². The molecule has 4 rings (SSSR count). The molecule has 0 unspecified atom stereocenters. The van der Waals surface area contributed by atoms with E-state index in [9.17, 15) is 9.90 Å². The fraction of sp³-hybridized carbons (Fsp3) is 0.528. The quantitative estimate of drug-likeness (QED) is 0.0382. The standard InChI is InChI=1S/C53H74N2O5/c1-4-6-8-10-12-14-16-18-20-22-40-58-49-36-30-45(31-37-49)25-24-44-28-34-48(35-29-44)54-55-50-38-39-51(60-42-46-26-32-47(33-27-46)53(56)57)43(3)52(50)59-41-23-21-19-17-15-13-11-9-7-5-2/h26-39H,4-25,40-42H2,1-3H3,(H,56,57). The number of benzene rings is 4. The van der Waals surface area contributed by atoms with E-state index in [1.807, 2.05) is 31.2 Å². The molecule has 0 fully saturated rings. The third-order valence-corrected chi connectivity index (χ3v) is 11.3. The predicted octanol–water partition coefficient (Wildman–Crippen LogP) is 16.1. The van der Waals surface area contributed by atoms with Gasteiger partial charge in [-0.05, 0) is 97.8 Å². The smallest absolute Gasteiger partial charge is 0.335 e. The van der Waals surface area contributed by atoms with Crippen LogP contribution in [0.3, 0.4) is 0 Å². The molecule has 1 N–H and O–H groups in total. The highest BCUT2D eigenvalue weighted by Crippen LogP contribution is 2.38. The van der Waals surface area contributed by atoms with Crippen LogP contribution in [0.4, 0.5) is 11.4 Å². The van der Waals surface area contributed by atoms with Crippen molar-refractivity contribution < 1.29 is 24.1 Å². The van der Waals surface area contributed by atoms with Crippen LogP contribution in [0.5, 0.6) is 17.2 Å². The summed E-state index contributed by atoms with van der Waals surface area (Å²) in [5, 5.41) is 18.5. The number of rotatable bonds is 33. The minimum absolute atomic E-state index is 0.253. The molecular weight excluding hydrogens is 745 g/mol. The molecule has 0 saturated carbocycles. The van der Waals surface area contributed by atoms with E-state index in [1.54, 1.807) is 24.3 Å². The van der Waals surface area contributed by atoms with Crippen molar-refractivity contribution in [2.24, 2.45) is 10.2 Å². The Hall–Kier alpha value is -4.65. The molecule has 0 heterocycles. The Kier molecular flexibility index (Phi) is 23.7. The molecule has 0 radical (unpaired) electrons. The minimum Gasteiger partial charge on any atom is -0.494 e. The van der Waals surface area contributed by atoms with Gasteiger partial charge in [0.1, 0.15) is 23.8 Å². The van der Waals surface area contributed by atoms with Crippen molar-refractivity contribution in [1.82, 2.24) is 0 Å². The van der Waals surface area contributed by atoms with Gasteiger partial charge in [0, 0.05) is 5.56 Å². The molecule has 7 heteroatoms. The van der Waals surface area contributed by atoms with Crippen LogP contribution in [0.15, 0.2) is 95.2 Å². The van der Waals surface area contributed by atoms with Crippen molar-refractivity contribution in [3.8, 4) is 17.2 Å². The first kappa shape index (κ1) is 48.0. The minimum atomic E-state index is -0.944. The highest BCUT2D eigenvalue weighted by molar-refractivity contribution is 5.87. The van der Waals surface area contributed by atoms with Crippen molar-refractivity contribution in [1.29, 1.82) is 0 Å². The first-order chi connectivity index (χ1) is 29.5. The molecule has 0 aliphatic carbocycles. The summed E-state index contributed by atoms with van der Waals surface area (Å²) >= 11 is 0. The van der Waals surface area contributed by atoms with Crippen LogP contribution in [0.2, 0.25) is 0 Å². The molecule has 0 aliphatic heterocycles. The van der Waals surface area contributed by atoms with Gasteiger partial charge in [0.2, 0.25) is 0 Å². The van der Waals surface area contributed by atoms with Crippen LogP contribution in [-0.4, -0.2) is 24.3 Å². The van der Waals surface area contributed by atoms with E-state index < -0.39 is 5.97 Å². The van der Waals surface area contributed by atoms with E-state index in [2.05, 4.69) is 60.5 Å². The molecule has 4 aromatic rings. The number of aryl methyl sites for hydroxylation is 2. The molecule has 0 saturated heterocycles. The topological polar surface area (TPSA) is 89.7 Å². The lowest BCUT2D eigenvalue weighted by Crippen LogP contribution is -2.03. The number of ether oxygens (including phenoxy) is 3. The normalized spacial score (nSPS) is 11.3. The summed E-state index contributed by atoms with van der Waals surface area (Å²) in [6.07, 6.45) is 27.9. The Morgan fingerprint density at radius 3 is 1.48 bits per heavy atom. The van der Waals surface area contributed by atoms with E-state index in [0.29, 0.717) is 30.4 Å². The zero-order chi connectivity index (χ0) is 42.5. The molecule has 0 aromatic heterocycles. The van der Waals surface area contributed by atoms with Gasteiger partial charge in [-0.2, -0.15) is 5.11 Å².